The quantitative estimate of drug-likeness (QED) is 0.592. The molecule has 5 rings (SSSR count). The molecule has 4 heteroatoms. The van der Waals surface area contributed by atoms with Gasteiger partial charge in [-0.3, -0.25) is 0 Å². The van der Waals surface area contributed by atoms with E-state index in [2.05, 4.69) is 38.1 Å². The normalized spacial score (nSPS) is 28.1. The number of hydrogen-bond acceptors (Lipinski definition) is 4. The van der Waals surface area contributed by atoms with Gasteiger partial charge in [-0.05, 0) is 96.2 Å². The van der Waals surface area contributed by atoms with Crippen LogP contribution in [-0.4, -0.2) is 25.6 Å². The van der Waals surface area contributed by atoms with E-state index in [1.165, 1.54) is 25.7 Å². The molecule has 2 aromatic rings. The lowest BCUT2D eigenvalue weighted by molar-refractivity contribution is 0.387. The highest BCUT2D eigenvalue weighted by Gasteiger charge is 2.66. The van der Waals surface area contributed by atoms with Gasteiger partial charge < -0.3 is 9.47 Å². The van der Waals surface area contributed by atoms with E-state index in [1.54, 1.807) is 14.2 Å². The van der Waals surface area contributed by atoms with Gasteiger partial charge in [-0.25, -0.2) is 0 Å². The van der Waals surface area contributed by atoms with Gasteiger partial charge in [0.2, 0.25) is 0 Å². The largest absolute Gasteiger partial charge is 0.497 e. The predicted molar refractivity (Wildman–Crippen MR) is 121 cm³/mol. The fourth-order valence-corrected chi connectivity index (χ4v) is 5.08. The van der Waals surface area contributed by atoms with Crippen LogP contribution in [0.1, 0.15) is 50.7 Å². The zero-order valence-corrected chi connectivity index (χ0v) is 18.3. The molecule has 3 aliphatic rings. The van der Waals surface area contributed by atoms with Crippen LogP contribution in [0, 0.1) is 22.7 Å². The maximum Gasteiger partial charge on any atom is 0.118 e. The number of methoxy groups -OCH3 is 2. The number of hydrogen-bond donors (Lipinski definition) is 0. The smallest absolute Gasteiger partial charge is 0.118 e. The fourth-order valence-electron chi connectivity index (χ4n) is 5.08. The van der Waals surface area contributed by atoms with E-state index in [0.29, 0.717) is 17.3 Å². The highest BCUT2D eigenvalue weighted by molar-refractivity contribution is 6.16. The Morgan fingerprint density at radius 2 is 1.17 bits per heavy atom. The Hall–Kier alpha value is -2.62. The third-order valence-corrected chi connectivity index (χ3v) is 7.64. The average Bonchev–Trinajstić information content (AvgIpc) is 3.68. The van der Waals surface area contributed by atoms with E-state index in [0.717, 1.165) is 34.0 Å². The van der Waals surface area contributed by atoms with Crippen LogP contribution >= 0.6 is 0 Å². The first-order valence-electron chi connectivity index (χ1n) is 10.9. The number of benzene rings is 2. The Labute approximate surface area is 179 Å². The predicted octanol–water partition coefficient (Wildman–Crippen LogP) is 5.74. The summed E-state index contributed by atoms with van der Waals surface area (Å²) in [4.78, 5) is 0. The number of nitrogens with zero attached hydrogens (tertiary/aromatic N) is 2. The second-order valence-electron chi connectivity index (χ2n) is 9.70. The van der Waals surface area contributed by atoms with Crippen LogP contribution in [0.4, 0.5) is 0 Å². The van der Waals surface area contributed by atoms with Gasteiger partial charge in [0.1, 0.15) is 11.5 Å². The molecule has 4 nitrogen and oxygen atoms in total. The van der Waals surface area contributed by atoms with Gasteiger partial charge in [0.05, 0.1) is 25.6 Å². The Morgan fingerprint density at radius 3 is 1.53 bits per heavy atom. The Morgan fingerprint density at radius 1 is 0.733 bits per heavy atom. The van der Waals surface area contributed by atoms with Gasteiger partial charge in [-0.1, -0.05) is 13.8 Å². The standard InChI is InChI=1S/C26H30N2O2/c1-25(13-14-25)15-16-26(2)21-22(26)24(18-7-11-20(30-4)12-8-18)28-27-23(21)17-5-9-19(29-3)10-6-17/h5-12,21-22H,13-16H2,1-4H3/t21-,22+,26?. The summed E-state index contributed by atoms with van der Waals surface area (Å²) in [7, 11) is 3.40. The summed E-state index contributed by atoms with van der Waals surface area (Å²) in [5, 5.41) is 9.53. The van der Waals surface area contributed by atoms with Gasteiger partial charge >= 0.3 is 0 Å². The summed E-state index contributed by atoms with van der Waals surface area (Å²) < 4.78 is 10.7. The minimum absolute atomic E-state index is 0.208. The van der Waals surface area contributed by atoms with Crippen molar-refractivity contribution in [1.82, 2.24) is 0 Å². The van der Waals surface area contributed by atoms with Crippen LogP contribution in [0.2, 0.25) is 0 Å². The number of rotatable bonds is 7. The van der Waals surface area contributed by atoms with Crippen molar-refractivity contribution >= 4 is 11.4 Å². The Balaban J connectivity index is 1.49. The lowest BCUT2D eigenvalue weighted by Crippen LogP contribution is -2.15. The van der Waals surface area contributed by atoms with Crippen LogP contribution in [-0.2, 0) is 0 Å². The molecule has 1 unspecified atom stereocenters. The van der Waals surface area contributed by atoms with Crippen molar-refractivity contribution in [2.75, 3.05) is 14.2 Å². The van der Waals surface area contributed by atoms with E-state index >= 15 is 0 Å². The molecule has 0 radical (unpaired) electrons. The lowest BCUT2D eigenvalue weighted by Gasteiger charge is -2.15. The topological polar surface area (TPSA) is 43.2 Å². The first-order chi connectivity index (χ1) is 14.5. The van der Waals surface area contributed by atoms with Crippen molar-refractivity contribution < 1.29 is 9.47 Å². The summed E-state index contributed by atoms with van der Waals surface area (Å²) in [6, 6.07) is 16.5. The molecule has 2 saturated carbocycles. The third kappa shape index (κ3) is 3.23. The monoisotopic (exact) mass is 402 g/mol. The van der Waals surface area contributed by atoms with Crippen molar-refractivity contribution in [3.63, 3.8) is 0 Å². The zero-order chi connectivity index (χ0) is 20.9. The van der Waals surface area contributed by atoms with Crippen LogP contribution in [0.5, 0.6) is 11.5 Å². The van der Waals surface area contributed by atoms with Crippen molar-refractivity contribution in [1.29, 1.82) is 0 Å². The van der Waals surface area contributed by atoms with Crippen molar-refractivity contribution in [3.8, 4) is 11.5 Å². The van der Waals surface area contributed by atoms with Crippen LogP contribution in [0.15, 0.2) is 58.7 Å². The highest BCUT2D eigenvalue weighted by Crippen LogP contribution is 2.67. The second kappa shape index (κ2) is 6.97. The molecule has 3 atom stereocenters. The SMILES string of the molecule is COc1ccc(C2=NN=C(c3ccc(OC)cc3)[C@H]3[C@@H]2C3(C)CCC2(C)CC2)cc1. The number of ether oxygens (including phenoxy) is 2. The molecule has 0 bridgehead atoms. The van der Waals surface area contributed by atoms with Crippen molar-refractivity contribution in [2.24, 2.45) is 32.9 Å². The van der Waals surface area contributed by atoms with Crippen molar-refractivity contribution in [2.45, 2.75) is 39.5 Å². The summed E-state index contributed by atoms with van der Waals surface area (Å²) in [6.45, 7) is 4.87. The van der Waals surface area contributed by atoms with Gasteiger partial charge in [0.15, 0.2) is 0 Å². The average molecular weight is 403 g/mol. The maximum absolute atomic E-state index is 5.33. The summed E-state index contributed by atoms with van der Waals surface area (Å²) >= 11 is 0. The third-order valence-electron chi connectivity index (χ3n) is 7.64. The molecule has 2 aromatic carbocycles. The Kier molecular flexibility index (Phi) is 4.49. The van der Waals surface area contributed by atoms with E-state index in [-0.39, 0.29) is 5.41 Å². The maximum atomic E-state index is 5.33. The van der Waals surface area contributed by atoms with Crippen LogP contribution in [0.3, 0.4) is 0 Å². The summed E-state index contributed by atoms with van der Waals surface area (Å²) in [6.07, 6.45) is 5.26. The molecular formula is C26H30N2O2. The van der Waals surface area contributed by atoms with E-state index in [4.69, 9.17) is 19.7 Å². The molecule has 2 aliphatic carbocycles. The molecule has 0 amide bonds. The van der Waals surface area contributed by atoms with Gasteiger partial charge in [0.25, 0.3) is 0 Å². The molecule has 1 heterocycles. The molecule has 156 valence electrons. The van der Waals surface area contributed by atoms with Gasteiger partial charge in [0, 0.05) is 11.8 Å². The Bertz CT molecular complexity index is 931. The van der Waals surface area contributed by atoms with Crippen LogP contribution < -0.4 is 9.47 Å². The highest BCUT2D eigenvalue weighted by atomic mass is 16.5. The molecule has 0 aromatic heterocycles. The molecule has 30 heavy (non-hydrogen) atoms. The first-order valence-corrected chi connectivity index (χ1v) is 10.9. The summed E-state index contributed by atoms with van der Waals surface area (Å²) in [5.74, 6) is 2.58. The first kappa shape index (κ1) is 19.3. The van der Waals surface area contributed by atoms with E-state index in [9.17, 15) is 0 Å². The van der Waals surface area contributed by atoms with Gasteiger partial charge in [-0.2, -0.15) is 10.2 Å². The second-order valence-corrected chi connectivity index (χ2v) is 9.70. The van der Waals surface area contributed by atoms with Gasteiger partial charge in [-0.15, -0.1) is 0 Å². The minimum Gasteiger partial charge on any atom is -0.497 e. The lowest BCUT2D eigenvalue weighted by atomic mass is 9.89. The molecule has 2 fully saturated rings. The molecule has 0 N–H and O–H groups in total. The van der Waals surface area contributed by atoms with E-state index < -0.39 is 0 Å². The molecule has 0 saturated heterocycles. The van der Waals surface area contributed by atoms with Crippen LogP contribution in [0.25, 0.3) is 0 Å². The molecule has 0 spiro atoms. The van der Waals surface area contributed by atoms with E-state index in [1.807, 2.05) is 24.3 Å². The zero-order valence-electron chi connectivity index (χ0n) is 18.3. The molecule has 1 aliphatic heterocycles. The summed E-state index contributed by atoms with van der Waals surface area (Å²) in [5.41, 5.74) is 5.34. The van der Waals surface area contributed by atoms with Crippen molar-refractivity contribution in [3.05, 3.63) is 59.7 Å². The molecular weight excluding hydrogens is 372 g/mol. The minimum atomic E-state index is 0.208. The number of fused-ring (bicyclic) bond motifs is 1. The fraction of sp³-hybridized carbons (Fsp3) is 0.462.